The molecule has 2 atom stereocenters. The van der Waals surface area contributed by atoms with Crippen LogP contribution >= 0.6 is 0 Å². The van der Waals surface area contributed by atoms with Gasteiger partial charge in [-0.05, 0) is 83.5 Å². The van der Waals surface area contributed by atoms with Crippen molar-refractivity contribution in [2.75, 3.05) is 6.61 Å². The number of aliphatic hydroxyl groups is 2. The minimum atomic E-state index is -0.663. The minimum absolute atomic E-state index is 0.0441. The maximum Gasteiger partial charge on any atom is 0.220 e. The minimum Gasteiger partial charge on any atom is -0.394 e. The number of aliphatic hydroxyl groups excluding tert-OH is 2. The van der Waals surface area contributed by atoms with Crippen LogP contribution in [-0.4, -0.2) is 34.9 Å². The molecule has 330 valence electrons. The first-order valence-electron chi connectivity index (χ1n) is 24.1. The lowest BCUT2D eigenvalue weighted by atomic mass is 10.0. The number of nitrogens with one attached hydrogen (secondary N) is 1. The number of amides is 1. The number of unbranched alkanes of at least 4 members (excludes halogenated alkanes) is 17. The second-order valence-corrected chi connectivity index (χ2v) is 15.8. The first kappa shape index (κ1) is 55.0. The molecule has 0 radical (unpaired) electrons. The van der Waals surface area contributed by atoms with Crippen LogP contribution in [0.1, 0.15) is 206 Å². The fraction of sp³-hybridized carbons (Fsp3) is 0.648. The van der Waals surface area contributed by atoms with Crippen molar-refractivity contribution in [3.05, 3.63) is 109 Å². The molecular formula is C54H91NO3. The van der Waals surface area contributed by atoms with Gasteiger partial charge in [0, 0.05) is 6.42 Å². The fourth-order valence-electron chi connectivity index (χ4n) is 6.65. The summed E-state index contributed by atoms with van der Waals surface area (Å²) in [5.74, 6) is -0.0441. The van der Waals surface area contributed by atoms with E-state index in [1.54, 1.807) is 0 Å². The van der Waals surface area contributed by atoms with Crippen LogP contribution in [0.25, 0.3) is 0 Å². The molecule has 0 rings (SSSR count). The molecule has 0 aromatic heterocycles. The van der Waals surface area contributed by atoms with E-state index in [0.717, 1.165) is 83.5 Å². The lowest BCUT2D eigenvalue weighted by Crippen LogP contribution is -2.45. The van der Waals surface area contributed by atoms with Crippen LogP contribution in [0, 0.1) is 0 Å². The molecule has 0 spiro atoms. The van der Waals surface area contributed by atoms with Crippen molar-refractivity contribution < 1.29 is 15.0 Å². The molecule has 3 N–H and O–H groups in total. The van der Waals surface area contributed by atoms with Crippen molar-refractivity contribution >= 4 is 5.91 Å². The van der Waals surface area contributed by atoms with Gasteiger partial charge in [-0.25, -0.2) is 0 Å². The molecule has 0 fully saturated rings. The van der Waals surface area contributed by atoms with Gasteiger partial charge in [-0.15, -0.1) is 0 Å². The summed E-state index contributed by atoms with van der Waals surface area (Å²) in [7, 11) is 0. The normalized spacial score (nSPS) is 13.9. The molecule has 4 nitrogen and oxygen atoms in total. The zero-order chi connectivity index (χ0) is 42.1. The zero-order valence-electron chi connectivity index (χ0n) is 37.8. The Morgan fingerprint density at radius 1 is 0.431 bits per heavy atom. The summed E-state index contributed by atoms with van der Waals surface area (Å²) in [5, 5.41) is 22.9. The van der Waals surface area contributed by atoms with Crippen LogP contribution in [0.15, 0.2) is 109 Å². The molecule has 0 heterocycles. The van der Waals surface area contributed by atoms with Gasteiger partial charge in [0.15, 0.2) is 0 Å². The summed E-state index contributed by atoms with van der Waals surface area (Å²) in [6.45, 7) is 4.19. The summed E-state index contributed by atoms with van der Waals surface area (Å²) in [6.07, 6.45) is 73.4. The van der Waals surface area contributed by atoms with E-state index in [2.05, 4.69) is 129 Å². The first-order valence-corrected chi connectivity index (χ1v) is 24.1. The van der Waals surface area contributed by atoms with Gasteiger partial charge in [-0.3, -0.25) is 4.79 Å². The highest BCUT2D eigenvalue weighted by Gasteiger charge is 2.19. The predicted molar refractivity (Wildman–Crippen MR) is 257 cm³/mol. The second-order valence-electron chi connectivity index (χ2n) is 15.8. The molecule has 0 aliphatic carbocycles. The Morgan fingerprint density at radius 2 is 0.759 bits per heavy atom. The molecule has 0 saturated heterocycles. The van der Waals surface area contributed by atoms with Crippen LogP contribution in [0.5, 0.6) is 0 Å². The number of hydrogen-bond acceptors (Lipinski definition) is 3. The average Bonchev–Trinajstić information content (AvgIpc) is 3.23. The molecule has 0 aliphatic heterocycles. The molecule has 0 aliphatic rings. The molecule has 0 saturated carbocycles. The van der Waals surface area contributed by atoms with E-state index in [0.29, 0.717) is 12.8 Å². The van der Waals surface area contributed by atoms with Crippen LogP contribution in [0.4, 0.5) is 0 Å². The maximum absolute atomic E-state index is 12.3. The SMILES string of the molecule is CC/C=C\C/C=C\C/C=C\C/C=C\C/C=C\C/C=C\C/C=C\C/C=C\C/C=C\CCCCCCCCCCCCCC(=O)NC(CO)C(O)CCCCCCCCC. The van der Waals surface area contributed by atoms with E-state index in [1.807, 2.05) is 0 Å². The zero-order valence-corrected chi connectivity index (χ0v) is 37.8. The van der Waals surface area contributed by atoms with Gasteiger partial charge in [0.05, 0.1) is 18.8 Å². The molecule has 0 aromatic rings. The molecular weight excluding hydrogens is 711 g/mol. The van der Waals surface area contributed by atoms with Gasteiger partial charge in [0.1, 0.15) is 0 Å². The average molecular weight is 802 g/mol. The quantitative estimate of drug-likeness (QED) is 0.0425. The van der Waals surface area contributed by atoms with Gasteiger partial charge in [0.25, 0.3) is 0 Å². The van der Waals surface area contributed by atoms with Gasteiger partial charge >= 0.3 is 0 Å². The molecule has 2 unspecified atom stereocenters. The van der Waals surface area contributed by atoms with Crippen molar-refractivity contribution in [3.8, 4) is 0 Å². The van der Waals surface area contributed by atoms with E-state index < -0.39 is 12.1 Å². The second kappa shape index (κ2) is 48.4. The van der Waals surface area contributed by atoms with E-state index in [9.17, 15) is 15.0 Å². The Morgan fingerprint density at radius 3 is 1.14 bits per heavy atom. The highest BCUT2D eigenvalue weighted by Crippen LogP contribution is 2.14. The first-order chi connectivity index (χ1) is 28.7. The standard InChI is InChI=1S/C54H91NO3/c1-3-5-7-9-11-12-13-14-15-16-17-18-19-20-21-22-23-24-25-26-27-28-29-30-31-32-33-34-35-36-37-38-39-40-41-42-44-46-48-50-54(58)55-52(51-56)53(57)49-47-45-43-10-8-6-4-2/h5,7,11-12,14-15,17-18,20-21,23-24,26-27,29-30,32-33,52-53,56-57H,3-4,6,8-10,13,16,19,22,25,28,31,34-51H2,1-2H3,(H,55,58)/b7-5-,12-11-,15-14-,18-17-,21-20-,24-23-,27-26-,30-29-,33-32-. The van der Waals surface area contributed by atoms with Gasteiger partial charge in [-0.2, -0.15) is 0 Å². The summed E-state index contributed by atoms with van der Waals surface area (Å²) in [6, 6.07) is -0.541. The van der Waals surface area contributed by atoms with Gasteiger partial charge < -0.3 is 15.5 Å². The Labute approximate surface area is 359 Å². The van der Waals surface area contributed by atoms with Gasteiger partial charge in [-0.1, -0.05) is 226 Å². The highest BCUT2D eigenvalue weighted by molar-refractivity contribution is 5.76. The lowest BCUT2D eigenvalue weighted by Gasteiger charge is -2.22. The van der Waals surface area contributed by atoms with E-state index in [1.165, 1.54) is 96.3 Å². The molecule has 0 bridgehead atoms. The van der Waals surface area contributed by atoms with E-state index in [-0.39, 0.29) is 12.5 Å². The summed E-state index contributed by atoms with van der Waals surface area (Å²) >= 11 is 0. The topological polar surface area (TPSA) is 69.6 Å². The van der Waals surface area contributed by atoms with Crippen molar-refractivity contribution in [2.24, 2.45) is 0 Å². The Bertz CT molecular complexity index is 1140. The number of rotatable bonds is 42. The Balaban J connectivity index is 3.55. The Kier molecular flexibility index (Phi) is 46.0. The van der Waals surface area contributed by atoms with Crippen molar-refractivity contribution in [3.63, 3.8) is 0 Å². The number of allylic oxidation sites excluding steroid dienone is 18. The number of carbonyl (C=O) groups is 1. The third-order valence-electron chi connectivity index (χ3n) is 10.3. The summed E-state index contributed by atoms with van der Waals surface area (Å²) in [5.41, 5.74) is 0. The van der Waals surface area contributed by atoms with Crippen molar-refractivity contribution in [1.82, 2.24) is 5.32 Å². The Hall–Kier alpha value is -2.95. The van der Waals surface area contributed by atoms with E-state index >= 15 is 0 Å². The van der Waals surface area contributed by atoms with Crippen LogP contribution in [-0.2, 0) is 4.79 Å². The van der Waals surface area contributed by atoms with Crippen LogP contribution in [0.2, 0.25) is 0 Å². The van der Waals surface area contributed by atoms with Crippen molar-refractivity contribution in [1.29, 1.82) is 0 Å². The predicted octanol–water partition coefficient (Wildman–Crippen LogP) is 15.6. The van der Waals surface area contributed by atoms with Crippen LogP contribution in [0.3, 0.4) is 0 Å². The molecule has 1 amide bonds. The number of hydrogen-bond donors (Lipinski definition) is 3. The maximum atomic E-state index is 12.3. The van der Waals surface area contributed by atoms with E-state index in [4.69, 9.17) is 0 Å². The third kappa shape index (κ3) is 44.2. The molecule has 4 heteroatoms. The largest absolute Gasteiger partial charge is 0.394 e. The smallest absolute Gasteiger partial charge is 0.220 e. The summed E-state index contributed by atoms with van der Waals surface area (Å²) < 4.78 is 0. The third-order valence-corrected chi connectivity index (χ3v) is 10.3. The summed E-state index contributed by atoms with van der Waals surface area (Å²) in [4.78, 5) is 12.3. The number of carbonyl (C=O) groups excluding carboxylic acids is 1. The molecule has 58 heavy (non-hydrogen) atoms. The van der Waals surface area contributed by atoms with Crippen LogP contribution < -0.4 is 5.32 Å². The van der Waals surface area contributed by atoms with Crippen molar-refractivity contribution in [2.45, 2.75) is 219 Å². The fourth-order valence-corrected chi connectivity index (χ4v) is 6.65. The molecule has 0 aromatic carbocycles. The lowest BCUT2D eigenvalue weighted by molar-refractivity contribution is -0.123. The highest BCUT2D eigenvalue weighted by atomic mass is 16.3. The monoisotopic (exact) mass is 802 g/mol. The van der Waals surface area contributed by atoms with Gasteiger partial charge in [0.2, 0.25) is 5.91 Å².